The van der Waals surface area contributed by atoms with Gasteiger partial charge < -0.3 is 4.74 Å². The first-order valence-corrected chi connectivity index (χ1v) is 8.05. The van der Waals surface area contributed by atoms with Gasteiger partial charge in [0.1, 0.15) is 11.0 Å². The van der Waals surface area contributed by atoms with Crippen LogP contribution < -0.4 is 0 Å². The van der Waals surface area contributed by atoms with E-state index < -0.39 is 0 Å². The average molecular weight is 348 g/mol. The van der Waals surface area contributed by atoms with E-state index >= 15 is 0 Å². The third-order valence-electron chi connectivity index (χ3n) is 3.21. The number of hydrogen-bond acceptors (Lipinski definition) is 3. The Kier molecular flexibility index (Phi) is 5.60. The van der Waals surface area contributed by atoms with Crippen LogP contribution >= 0.6 is 27.5 Å². The lowest BCUT2D eigenvalue weighted by Gasteiger charge is -2.22. The maximum atomic E-state index is 6.18. The zero-order valence-electron chi connectivity index (χ0n) is 11.5. The Morgan fingerprint density at radius 2 is 2.16 bits per heavy atom. The van der Waals surface area contributed by atoms with Crippen LogP contribution in [0.1, 0.15) is 44.6 Å². The van der Waals surface area contributed by atoms with E-state index in [2.05, 4.69) is 39.7 Å². The third kappa shape index (κ3) is 4.40. The molecule has 5 heteroatoms. The highest BCUT2D eigenvalue weighted by molar-refractivity contribution is 9.10. The van der Waals surface area contributed by atoms with Crippen molar-refractivity contribution in [2.24, 2.45) is 5.92 Å². The van der Waals surface area contributed by atoms with Crippen LogP contribution in [-0.2, 0) is 17.6 Å². The molecule has 0 spiro atoms. The highest BCUT2D eigenvalue weighted by Gasteiger charge is 2.18. The number of rotatable bonds is 4. The standard InChI is InChI=1S/C14H20BrClN2O/c1-9(2)7-11-13(15)14(16)18-12(17-11)8-10-5-3-4-6-19-10/h9-10H,3-8H2,1-2H3. The molecular formula is C14H20BrClN2O. The van der Waals surface area contributed by atoms with E-state index in [0.29, 0.717) is 11.1 Å². The van der Waals surface area contributed by atoms with E-state index in [1.807, 2.05) is 0 Å². The van der Waals surface area contributed by atoms with Crippen molar-refractivity contribution in [1.82, 2.24) is 9.97 Å². The van der Waals surface area contributed by atoms with Crippen molar-refractivity contribution < 1.29 is 4.74 Å². The molecule has 1 aromatic heterocycles. The Hall–Kier alpha value is -0.190. The minimum atomic E-state index is 0.248. The van der Waals surface area contributed by atoms with Crippen molar-refractivity contribution in [2.45, 2.75) is 52.1 Å². The van der Waals surface area contributed by atoms with Gasteiger partial charge >= 0.3 is 0 Å². The molecule has 0 saturated carbocycles. The molecule has 1 fully saturated rings. The molecule has 1 atom stereocenters. The van der Waals surface area contributed by atoms with Gasteiger partial charge in [-0.05, 0) is 47.5 Å². The maximum absolute atomic E-state index is 6.18. The molecule has 2 heterocycles. The summed E-state index contributed by atoms with van der Waals surface area (Å²) < 4.78 is 6.57. The zero-order chi connectivity index (χ0) is 13.8. The van der Waals surface area contributed by atoms with Crippen LogP contribution in [0.4, 0.5) is 0 Å². The van der Waals surface area contributed by atoms with Gasteiger partial charge in [-0.15, -0.1) is 0 Å². The number of aromatic nitrogens is 2. The summed E-state index contributed by atoms with van der Waals surface area (Å²) in [6, 6.07) is 0. The number of halogens is 2. The van der Waals surface area contributed by atoms with Crippen LogP contribution in [0.3, 0.4) is 0 Å². The molecule has 0 amide bonds. The van der Waals surface area contributed by atoms with Crippen LogP contribution in [-0.4, -0.2) is 22.7 Å². The summed E-state index contributed by atoms with van der Waals surface area (Å²) in [5.41, 5.74) is 1.00. The normalized spacial score (nSPS) is 19.9. The molecule has 3 nitrogen and oxygen atoms in total. The van der Waals surface area contributed by atoms with Gasteiger partial charge in [-0.25, -0.2) is 9.97 Å². The predicted octanol–water partition coefficient (Wildman–Crippen LogP) is 4.20. The van der Waals surface area contributed by atoms with Crippen molar-refractivity contribution in [3.8, 4) is 0 Å². The molecule has 1 aliphatic heterocycles. The fraction of sp³-hybridized carbons (Fsp3) is 0.714. The highest BCUT2D eigenvalue weighted by Crippen LogP contribution is 2.26. The summed E-state index contributed by atoms with van der Waals surface area (Å²) in [4.78, 5) is 9.01. The topological polar surface area (TPSA) is 35.0 Å². The zero-order valence-corrected chi connectivity index (χ0v) is 13.8. The van der Waals surface area contributed by atoms with Gasteiger partial charge in [0, 0.05) is 13.0 Å². The second-order valence-electron chi connectivity index (χ2n) is 5.48. The van der Waals surface area contributed by atoms with Crippen LogP contribution in [0, 0.1) is 5.92 Å². The minimum absolute atomic E-state index is 0.248. The monoisotopic (exact) mass is 346 g/mol. The van der Waals surface area contributed by atoms with Crippen LogP contribution in [0.2, 0.25) is 5.15 Å². The van der Waals surface area contributed by atoms with Gasteiger partial charge in [0.05, 0.1) is 16.3 Å². The molecule has 0 aromatic carbocycles. The molecule has 0 radical (unpaired) electrons. The molecule has 0 aliphatic carbocycles. The molecule has 0 bridgehead atoms. The molecule has 19 heavy (non-hydrogen) atoms. The second kappa shape index (κ2) is 7.00. The Labute approximate surface area is 128 Å². The van der Waals surface area contributed by atoms with Crippen LogP contribution in [0.15, 0.2) is 4.47 Å². The van der Waals surface area contributed by atoms with Gasteiger partial charge in [-0.2, -0.15) is 0 Å². The van der Waals surface area contributed by atoms with E-state index in [0.717, 1.165) is 48.3 Å². The van der Waals surface area contributed by atoms with Crippen molar-refractivity contribution in [2.75, 3.05) is 6.61 Å². The van der Waals surface area contributed by atoms with Gasteiger partial charge in [-0.1, -0.05) is 25.4 Å². The Morgan fingerprint density at radius 3 is 2.79 bits per heavy atom. The SMILES string of the molecule is CC(C)Cc1nc(CC2CCCCO2)nc(Cl)c1Br. The second-order valence-corrected chi connectivity index (χ2v) is 6.63. The van der Waals surface area contributed by atoms with E-state index in [-0.39, 0.29) is 6.10 Å². The Bertz CT molecular complexity index is 434. The highest BCUT2D eigenvalue weighted by atomic mass is 79.9. The molecule has 0 N–H and O–H groups in total. The fourth-order valence-corrected chi connectivity index (χ4v) is 2.84. The molecule has 2 rings (SSSR count). The summed E-state index contributed by atoms with van der Waals surface area (Å²) in [7, 11) is 0. The number of ether oxygens (including phenoxy) is 1. The largest absolute Gasteiger partial charge is 0.378 e. The van der Waals surface area contributed by atoms with E-state index in [4.69, 9.17) is 16.3 Å². The first kappa shape index (κ1) is 15.2. The molecule has 1 saturated heterocycles. The maximum Gasteiger partial charge on any atom is 0.147 e. The van der Waals surface area contributed by atoms with Gasteiger partial charge in [-0.3, -0.25) is 0 Å². The van der Waals surface area contributed by atoms with Crippen molar-refractivity contribution in [3.05, 3.63) is 21.1 Å². The molecule has 1 aliphatic rings. The van der Waals surface area contributed by atoms with Crippen molar-refractivity contribution in [1.29, 1.82) is 0 Å². The first-order chi connectivity index (χ1) is 9.06. The smallest absolute Gasteiger partial charge is 0.147 e. The minimum Gasteiger partial charge on any atom is -0.378 e. The summed E-state index contributed by atoms with van der Waals surface area (Å²) >= 11 is 9.66. The number of nitrogens with zero attached hydrogens (tertiary/aromatic N) is 2. The fourth-order valence-electron chi connectivity index (χ4n) is 2.30. The summed E-state index contributed by atoms with van der Waals surface area (Å²) in [6.45, 7) is 5.20. The van der Waals surface area contributed by atoms with Crippen LogP contribution in [0.5, 0.6) is 0 Å². The third-order valence-corrected chi connectivity index (χ3v) is 4.55. The summed E-state index contributed by atoms with van der Waals surface area (Å²) in [6.07, 6.45) is 5.40. The van der Waals surface area contributed by atoms with Crippen molar-refractivity contribution >= 4 is 27.5 Å². The van der Waals surface area contributed by atoms with E-state index in [1.165, 1.54) is 6.42 Å². The lowest BCUT2D eigenvalue weighted by Crippen LogP contribution is -2.22. The predicted molar refractivity (Wildman–Crippen MR) is 80.6 cm³/mol. The van der Waals surface area contributed by atoms with Gasteiger partial charge in [0.25, 0.3) is 0 Å². The van der Waals surface area contributed by atoms with Gasteiger partial charge in [0.15, 0.2) is 0 Å². The lowest BCUT2D eigenvalue weighted by molar-refractivity contribution is 0.0156. The van der Waals surface area contributed by atoms with E-state index in [1.54, 1.807) is 0 Å². The Balaban J connectivity index is 2.13. The molecule has 1 aromatic rings. The van der Waals surface area contributed by atoms with Crippen molar-refractivity contribution in [3.63, 3.8) is 0 Å². The summed E-state index contributed by atoms with van der Waals surface area (Å²) in [5.74, 6) is 1.34. The molecule has 106 valence electrons. The quantitative estimate of drug-likeness (QED) is 0.766. The Morgan fingerprint density at radius 1 is 1.37 bits per heavy atom. The van der Waals surface area contributed by atoms with Crippen LogP contribution in [0.25, 0.3) is 0 Å². The number of hydrogen-bond donors (Lipinski definition) is 0. The van der Waals surface area contributed by atoms with Gasteiger partial charge in [0.2, 0.25) is 0 Å². The summed E-state index contributed by atoms with van der Waals surface area (Å²) in [5, 5.41) is 0.511. The van der Waals surface area contributed by atoms with E-state index in [9.17, 15) is 0 Å². The average Bonchev–Trinajstić information content (AvgIpc) is 2.36. The molecule has 1 unspecified atom stereocenters. The lowest BCUT2D eigenvalue weighted by atomic mass is 10.1. The molecular weight excluding hydrogens is 328 g/mol. The first-order valence-electron chi connectivity index (χ1n) is 6.88.